The summed E-state index contributed by atoms with van der Waals surface area (Å²) >= 11 is 0. The van der Waals surface area contributed by atoms with Gasteiger partial charge in [0.2, 0.25) is 0 Å². The van der Waals surface area contributed by atoms with Crippen LogP contribution in [0.2, 0.25) is 0 Å². The molecule has 0 amide bonds. The predicted octanol–water partition coefficient (Wildman–Crippen LogP) is 3.89. The molecule has 0 radical (unpaired) electrons. The number of rotatable bonds is 4. The Balaban J connectivity index is 1.95. The van der Waals surface area contributed by atoms with E-state index in [4.69, 9.17) is 4.74 Å². The van der Waals surface area contributed by atoms with Gasteiger partial charge < -0.3 is 4.74 Å². The van der Waals surface area contributed by atoms with Crippen LogP contribution in [0.25, 0.3) is 11.1 Å². The van der Waals surface area contributed by atoms with Crippen molar-refractivity contribution in [2.75, 3.05) is 13.1 Å². The molecule has 1 aliphatic carbocycles. The summed E-state index contributed by atoms with van der Waals surface area (Å²) < 4.78 is 19.4. The van der Waals surface area contributed by atoms with Gasteiger partial charge in [-0.1, -0.05) is 19.1 Å². The van der Waals surface area contributed by atoms with E-state index in [1.165, 1.54) is 5.56 Å². The smallest absolute Gasteiger partial charge is 0.298 e. The molecule has 124 valence electrons. The van der Waals surface area contributed by atoms with Gasteiger partial charge >= 0.3 is 0 Å². The van der Waals surface area contributed by atoms with Crippen LogP contribution in [0.15, 0.2) is 30.3 Å². The first-order valence-corrected chi connectivity index (χ1v) is 8.52. The van der Waals surface area contributed by atoms with Crippen LogP contribution in [0.1, 0.15) is 36.1 Å². The molecule has 1 atom stereocenters. The van der Waals surface area contributed by atoms with E-state index >= 15 is 0 Å². The predicted molar refractivity (Wildman–Crippen MR) is 90.5 cm³/mol. The molecule has 0 fully saturated rings. The summed E-state index contributed by atoms with van der Waals surface area (Å²) in [5.41, 5.74) is 5.18. The minimum Gasteiger partial charge on any atom is -0.428 e. The molecule has 0 saturated carbocycles. The average molecular weight is 325 g/mol. The van der Waals surface area contributed by atoms with E-state index in [0.717, 1.165) is 54.6 Å². The molecule has 2 aromatic rings. The number of ether oxygens (including phenoxy) is 1. The van der Waals surface area contributed by atoms with E-state index in [-0.39, 0.29) is 11.9 Å². The molecule has 1 heterocycles. The van der Waals surface area contributed by atoms with Crippen LogP contribution >= 0.6 is 0 Å². The number of fused-ring (bicyclic) bond motifs is 2. The molecule has 0 saturated heterocycles. The second-order valence-electron chi connectivity index (χ2n) is 6.54. The summed E-state index contributed by atoms with van der Waals surface area (Å²) in [7, 11) is 0. The van der Waals surface area contributed by atoms with Crippen molar-refractivity contribution in [3.63, 3.8) is 0 Å². The molecule has 0 spiro atoms. The number of benzene rings is 2. The van der Waals surface area contributed by atoms with E-state index < -0.39 is 0 Å². The Labute approximate surface area is 141 Å². The van der Waals surface area contributed by atoms with Gasteiger partial charge in [-0.05, 0) is 66.3 Å². The summed E-state index contributed by atoms with van der Waals surface area (Å²) in [6.45, 7) is 4.64. The van der Waals surface area contributed by atoms with Gasteiger partial charge in [-0.3, -0.25) is 9.69 Å². The monoisotopic (exact) mass is 325 g/mol. The molecule has 0 aromatic heterocycles. The van der Waals surface area contributed by atoms with Crippen molar-refractivity contribution in [2.45, 2.75) is 32.2 Å². The molecule has 24 heavy (non-hydrogen) atoms. The topological polar surface area (TPSA) is 29.5 Å². The summed E-state index contributed by atoms with van der Waals surface area (Å²) in [5.74, 6) is 0.293. The molecule has 1 aliphatic heterocycles. The Hall–Kier alpha value is -2.20. The fourth-order valence-corrected chi connectivity index (χ4v) is 4.28. The SMILES string of the molecule is CCCN1CCc2cc(F)cc3c2[C@H]1Cc1cccc(OC=O)c1-3. The van der Waals surface area contributed by atoms with Gasteiger partial charge in [-0.15, -0.1) is 0 Å². The lowest BCUT2D eigenvalue weighted by atomic mass is 9.76. The maximum Gasteiger partial charge on any atom is 0.298 e. The molecule has 0 unspecified atom stereocenters. The number of hydrogen-bond donors (Lipinski definition) is 0. The third-order valence-electron chi connectivity index (χ3n) is 5.15. The van der Waals surface area contributed by atoms with E-state index in [9.17, 15) is 9.18 Å². The maximum absolute atomic E-state index is 14.2. The Bertz CT molecular complexity index is 802. The zero-order valence-corrected chi connectivity index (χ0v) is 13.7. The molecule has 4 rings (SSSR count). The Kier molecular flexibility index (Phi) is 3.85. The van der Waals surface area contributed by atoms with E-state index in [1.807, 2.05) is 6.07 Å². The van der Waals surface area contributed by atoms with E-state index in [0.29, 0.717) is 12.2 Å². The van der Waals surface area contributed by atoms with Crippen LogP contribution in [-0.4, -0.2) is 24.5 Å². The van der Waals surface area contributed by atoms with E-state index in [1.54, 1.807) is 18.2 Å². The lowest BCUT2D eigenvalue weighted by Gasteiger charge is -2.41. The standard InChI is InChI=1S/C20H20FNO2/c1-2-7-22-8-6-14-9-15(21)11-16-19(14)17(22)10-13-4-3-5-18(20(13)16)24-12-23/h3-5,9,11-12,17H,2,6-8,10H2,1H3/t17-/m1/s1. The van der Waals surface area contributed by atoms with Gasteiger partial charge in [0.15, 0.2) is 0 Å². The first kappa shape index (κ1) is 15.3. The van der Waals surface area contributed by atoms with Gasteiger partial charge in [0.1, 0.15) is 11.6 Å². The molecular weight excluding hydrogens is 305 g/mol. The fraction of sp³-hybridized carbons (Fsp3) is 0.350. The van der Waals surface area contributed by atoms with Crippen molar-refractivity contribution in [1.82, 2.24) is 4.90 Å². The lowest BCUT2D eigenvalue weighted by molar-refractivity contribution is -0.120. The van der Waals surface area contributed by atoms with Gasteiger partial charge in [-0.25, -0.2) is 4.39 Å². The van der Waals surface area contributed by atoms with Crippen molar-refractivity contribution < 1.29 is 13.9 Å². The Morgan fingerprint density at radius 2 is 2.21 bits per heavy atom. The quantitative estimate of drug-likeness (QED) is 0.799. The van der Waals surface area contributed by atoms with Gasteiger partial charge in [-0.2, -0.15) is 0 Å². The highest BCUT2D eigenvalue weighted by atomic mass is 19.1. The second-order valence-corrected chi connectivity index (χ2v) is 6.54. The zero-order valence-electron chi connectivity index (χ0n) is 13.7. The third-order valence-corrected chi connectivity index (χ3v) is 5.15. The van der Waals surface area contributed by atoms with Crippen molar-refractivity contribution in [3.05, 3.63) is 52.8 Å². The van der Waals surface area contributed by atoms with Crippen molar-refractivity contribution in [1.29, 1.82) is 0 Å². The largest absolute Gasteiger partial charge is 0.428 e. The Morgan fingerprint density at radius 3 is 3.00 bits per heavy atom. The minimum absolute atomic E-state index is 0.222. The van der Waals surface area contributed by atoms with E-state index in [2.05, 4.69) is 17.9 Å². The fourth-order valence-electron chi connectivity index (χ4n) is 4.28. The first-order valence-electron chi connectivity index (χ1n) is 8.52. The summed E-state index contributed by atoms with van der Waals surface area (Å²) in [6, 6.07) is 9.27. The minimum atomic E-state index is -0.222. The number of carbonyl (C=O) groups is 1. The highest BCUT2D eigenvalue weighted by Gasteiger charge is 2.35. The van der Waals surface area contributed by atoms with Crippen LogP contribution in [0.5, 0.6) is 5.75 Å². The normalized spacial score (nSPS) is 18.7. The van der Waals surface area contributed by atoms with Crippen LogP contribution in [-0.2, 0) is 17.6 Å². The first-order chi connectivity index (χ1) is 11.7. The molecule has 0 N–H and O–H groups in total. The maximum atomic E-state index is 14.2. The lowest BCUT2D eigenvalue weighted by Crippen LogP contribution is -2.39. The number of carbonyl (C=O) groups excluding carboxylic acids is 1. The summed E-state index contributed by atoms with van der Waals surface area (Å²) in [5, 5.41) is 0. The van der Waals surface area contributed by atoms with Gasteiger partial charge in [0.25, 0.3) is 6.47 Å². The van der Waals surface area contributed by atoms with Crippen molar-refractivity contribution >= 4 is 6.47 Å². The van der Waals surface area contributed by atoms with Gasteiger partial charge in [0.05, 0.1) is 0 Å². The van der Waals surface area contributed by atoms with Crippen molar-refractivity contribution in [3.8, 4) is 16.9 Å². The molecule has 0 bridgehead atoms. The average Bonchev–Trinajstić information content (AvgIpc) is 2.57. The van der Waals surface area contributed by atoms with Crippen LogP contribution in [0.4, 0.5) is 4.39 Å². The van der Waals surface area contributed by atoms with Crippen LogP contribution < -0.4 is 4.74 Å². The molecule has 2 aromatic carbocycles. The zero-order chi connectivity index (χ0) is 16.7. The van der Waals surface area contributed by atoms with Gasteiger partial charge in [0, 0.05) is 18.2 Å². The second kappa shape index (κ2) is 6.02. The number of nitrogens with zero attached hydrogens (tertiary/aromatic N) is 1. The highest BCUT2D eigenvalue weighted by Crippen LogP contribution is 2.48. The number of hydrogen-bond acceptors (Lipinski definition) is 3. The highest BCUT2D eigenvalue weighted by molar-refractivity contribution is 5.81. The number of halogens is 1. The van der Waals surface area contributed by atoms with Crippen molar-refractivity contribution in [2.24, 2.45) is 0 Å². The third kappa shape index (κ3) is 2.33. The van der Waals surface area contributed by atoms with Crippen LogP contribution in [0.3, 0.4) is 0 Å². The summed E-state index contributed by atoms with van der Waals surface area (Å²) in [6.07, 6.45) is 2.84. The Morgan fingerprint density at radius 1 is 1.33 bits per heavy atom. The molecule has 3 nitrogen and oxygen atoms in total. The molecular formula is C20H20FNO2. The molecule has 4 heteroatoms. The summed E-state index contributed by atoms with van der Waals surface area (Å²) in [4.78, 5) is 13.4. The molecule has 2 aliphatic rings. The van der Waals surface area contributed by atoms with Crippen LogP contribution in [0, 0.1) is 5.82 Å².